The van der Waals surface area contributed by atoms with Crippen LogP contribution >= 0.6 is 11.9 Å². The first-order chi connectivity index (χ1) is 12.6. The first-order valence-electron chi connectivity index (χ1n) is 8.54. The van der Waals surface area contributed by atoms with Gasteiger partial charge in [0.25, 0.3) is 5.91 Å². The number of ether oxygens (including phenoxy) is 2. The molecular weight excluding hydrogens is 352 g/mol. The van der Waals surface area contributed by atoms with Crippen LogP contribution in [0.4, 0.5) is 0 Å². The quantitative estimate of drug-likeness (QED) is 0.510. The van der Waals surface area contributed by atoms with Gasteiger partial charge in [-0.2, -0.15) is 0 Å². The van der Waals surface area contributed by atoms with Gasteiger partial charge in [-0.1, -0.05) is 23.8 Å². The molecule has 1 aromatic carbocycles. The van der Waals surface area contributed by atoms with E-state index in [1.807, 2.05) is 50.3 Å². The molecule has 7 heteroatoms. The summed E-state index contributed by atoms with van der Waals surface area (Å²) >= 11 is 1.34. The SMILES string of the molecule is CCOC1=CCCC=C1NC(=O)COC(=O)CNSc1ccc(C)cc1. The van der Waals surface area contributed by atoms with E-state index in [0.717, 1.165) is 17.7 Å². The van der Waals surface area contributed by atoms with Crippen LogP contribution in [0.2, 0.25) is 0 Å². The number of carbonyl (C=O) groups is 2. The van der Waals surface area contributed by atoms with Crippen LogP contribution in [0.3, 0.4) is 0 Å². The highest BCUT2D eigenvalue weighted by molar-refractivity contribution is 7.97. The molecule has 1 aromatic rings. The standard InChI is InChI=1S/C19H24N2O4S/c1-3-24-17-7-5-4-6-16(17)21-18(22)13-25-19(23)12-20-26-15-10-8-14(2)9-11-15/h6-11,20H,3-5,12-13H2,1-2H3,(H,21,22). The van der Waals surface area contributed by atoms with Crippen molar-refractivity contribution >= 4 is 23.8 Å². The van der Waals surface area contributed by atoms with Crippen molar-refractivity contribution in [1.29, 1.82) is 0 Å². The molecule has 0 heterocycles. The summed E-state index contributed by atoms with van der Waals surface area (Å²) in [5.74, 6) is -0.212. The molecule has 140 valence electrons. The summed E-state index contributed by atoms with van der Waals surface area (Å²) in [4.78, 5) is 24.7. The zero-order valence-electron chi connectivity index (χ0n) is 15.0. The highest BCUT2D eigenvalue weighted by Gasteiger charge is 2.14. The van der Waals surface area contributed by atoms with E-state index in [1.165, 1.54) is 17.5 Å². The Kier molecular flexibility index (Phi) is 8.24. The third-order valence-corrected chi connectivity index (χ3v) is 4.27. The molecule has 0 bridgehead atoms. The van der Waals surface area contributed by atoms with Crippen LogP contribution in [-0.2, 0) is 19.1 Å². The van der Waals surface area contributed by atoms with Crippen LogP contribution in [0.5, 0.6) is 0 Å². The summed E-state index contributed by atoms with van der Waals surface area (Å²) < 4.78 is 13.4. The number of allylic oxidation sites excluding steroid dienone is 2. The molecule has 0 spiro atoms. The van der Waals surface area contributed by atoms with Gasteiger partial charge in [-0.3, -0.25) is 9.59 Å². The van der Waals surface area contributed by atoms with Gasteiger partial charge < -0.3 is 14.8 Å². The molecule has 1 aliphatic rings. The van der Waals surface area contributed by atoms with Gasteiger partial charge in [0.1, 0.15) is 12.3 Å². The molecule has 2 rings (SSSR count). The van der Waals surface area contributed by atoms with Crippen LogP contribution in [0, 0.1) is 6.92 Å². The van der Waals surface area contributed by atoms with Gasteiger partial charge in [-0.05, 0) is 56.8 Å². The number of nitrogens with one attached hydrogen (secondary N) is 2. The molecule has 0 atom stereocenters. The molecule has 1 aliphatic carbocycles. The van der Waals surface area contributed by atoms with E-state index in [1.54, 1.807) is 0 Å². The lowest BCUT2D eigenvalue weighted by molar-refractivity contribution is -0.147. The van der Waals surface area contributed by atoms with E-state index in [-0.39, 0.29) is 19.1 Å². The molecule has 0 unspecified atom stereocenters. The van der Waals surface area contributed by atoms with Crippen molar-refractivity contribution in [3.63, 3.8) is 0 Å². The molecule has 0 fully saturated rings. The van der Waals surface area contributed by atoms with Crippen LogP contribution < -0.4 is 10.0 Å². The molecular formula is C19H24N2O4S. The highest BCUT2D eigenvalue weighted by atomic mass is 32.2. The van der Waals surface area contributed by atoms with Crippen molar-refractivity contribution < 1.29 is 19.1 Å². The lowest BCUT2D eigenvalue weighted by Crippen LogP contribution is -2.31. The minimum atomic E-state index is -0.488. The molecule has 0 saturated carbocycles. The van der Waals surface area contributed by atoms with Gasteiger partial charge in [0.15, 0.2) is 6.61 Å². The number of esters is 1. The zero-order chi connectivity index (χ0) is 18.8. The molecule has 0 saturated heterocycles. The number of hydrogen-bond donors (Lipinski definition) is 2. The number of hydrogen-bond acceptors (Lipinski definition) is 6. The summed E-state index contributed by atoms with van der Waals surface area (Å²) in [5.41, 5.74) is 1.81. The molecule has 6 nitrogen and oxygen atoms in total. The number of aryl methyl sites for hydroxylation is 1. The largest absolute Gasteiger partial charge is 0.492 e. The van der Waals surface area contributed by atoms with Crippen LogP contribution in [0.1, 0.15) is 25.3 Å². The number of rotatable bonds is 9. The Balaban J connectivity index is 1.66. The molecule has 1 amide bonds. The summed E-state index contributed by atoms with van der Waals surface area (Å²) in [6.45, 7) is 4.11. The predicted octanol–water partition coefficient (Wildman–Crippen LogP) is 2.85. The Morgan fingerprint density at radius 1 is 1.15 bits per heavy atom. The summed E-state index contributed by atoms with van der Waals surface area (Å²) in [5, 5.41) is 2.72. The van der Waals surface area contributed by atoms with Gasteiger partial charge >= 0.3 is 5.97 Å². The fourth-order valence-corrected chi connectivity index (χ4v) is 2.85. The van der Waals surface area contributed by atoms with Gasteiger partial charge in [0.05, 0.1) is 12.3 Å². The molecule has 2 N–H and O–H groups in total. The Hall–Kier alpha value is -2.25. The van der Waals surface area contributed by atoms with Gasteiger partial charge in [-0.15, -0.1) is 0 Å². The van der Waals surface area contributed by atoms with Crippen molar-refractivity contribution in [1.82, 2.24) is 10.0 Å². The maximum atomic E-state index is 12.0. The van der Waals surface area contributed by atoms with Crippen molar-refractivity contribution in [3.8, 4) is 0 Å². The second-order valence-electron chi connectivity index (χ2n) is 5.64. The van der Waals surface area contributed by atoms with Gasteiger partial charge in [0, 0.05) is 4.90 Å². The molecule has 0 aromatic heterocycles. The summed E-state index contributed by atoms with van der Waals surface area (Å²) in [6, 6.07) is 7.93. The van der Waals surface area contributed by atoms with Crippen LogP contribution in [0.25, 0.3) is 0 Å². The third kappa shape index (κ3) is 6.93. The third-order valence-electron chi connectivity index (χ3n) is 3.48. The number of benzene rings is 1. The fourth-order valence-electron chi connectivity index (χ4n) is 2.23. The van der Waals surface area contributed by atoms with Crippen molar-refractivity contribution in [2.75, 3.05) is 19.8 Å². The van der Waals surface area contributed by atoms with E-state index >= 15 is 0 Å². The summed E-state index contributed by atoms with van der Waals surface area (Å²) in [6.07, 6.45) is 5.57. The van der Waals surface area contributed by atoms with E-state index in [0.29, 0.717) is 18.1 Å². The van der Waals surface area contributed by atoms with E-state index in [4.69, 9.17) is 9.47 Å². The minimum Gasteiger partial charge on any atom is -0.492 e. The molecule has 26 heavy (non-hydrogen) atoms. The lowest BCUT2D eigenvalue weighted by atomic mass is 10.1. The summed E-state index contributed by atoms with van der Waals surface area (Å²) in [7, 11) is 0. The topological polar surface area (TPSA) is 76.7 Å². The van der Waals surface area contributed by atoms with E-state index in [2.05, 4.69) is 10.0 Å². The average Bonchev–Trinajstić information content (AvgIpc) is 2.63. The van der Waals surface area contributed by atoms with Crippen LogP contribution in [0.15, 0.2) is 52.8 Å². The molecule has 0 radical (unpaired) electrons. The van der Waals surface area contributed by atoms with Crippen LogP contribution in [-0.4, -0.2) is 31.6 Å². The lowest BCUT2D eigenvalue weighted by Gasteiger charge is -2.17. The molecule has 0 aliphatic heterocycles. The zero-order valence-corrected chi connectivity index (χ0v) is 15.9. The Bertz CT molecular complexity index is 683. The van der Waals surface area contributed by atoms with Crippen molar-refractivity contribution in [2.24, 2.45) is 0 Å². The smallest absolute Gasteiger partial charge is 0.321 e. The predicted molar refractivity (Wildman–Crippen MR) is 101 cm³/mol. The van der Waals surface area contributed by atoms with Gasteiger partial charge in [0.2, 0.25) is 0 Å². The maximum absolute atomic E-state index is 12.0. The number of amides is 1. The van der Waals surface area contributed by atoms with Crippen molar-refractivity contribution in [3.05, 3.63) is 53.4 Å². The Labute approximate surface area is 158 Å². The minimum absolute atomic E-state index is 0.0125. The van der Waals surface area contributed by atoms with Crippen molar-refractivity contribution in [2.45, 2.75) is 31.6 Å². The van der Waals surface area contributed by atoms with E-state index in [9.17, 15) is 9.59 Å². The Morgan fingerprint density at radius 2 is 1.88 bits per heavy atom. The van der Waals surface area contributed by atoms with Gasteiger partial charge in [-0.25, -0.2) is 4.72 Å². The Morgan fingerprint density at radius 3 is 2.62 bits per heavy atom. The normalized spacial score (nSPS) is 13.5. The maximum Gasteiger partial charge on any atom is 0.321 e. The second-order valence-corrected chi connectivity index (χ2v) is 6.61. The number of carbonyl (C=O) groups excluding carboxylic acids is 2. The van der Waals surface area contributed by atoms with E-state index < -0.39 is 5.97 Å². The average molecular weight is 376 g/mol. The first-order valence-corrected chi connectivity index (χ1v) is 9.35. The first kappa shape index (κ1) is 20.1. The second kappa shape index (κ2) is 10.7. The monoisotopic (exact) mass is 376 g/mol. The fraction of sp³-hybridized carbons (Fsp3) is 0.368. The highest BCUT2D eigenvalue weighted by Crippen LogP contribution is 2.17.